The lowest BCUT2D eigenvalue weighted by atomic mass is 10.1. The van der Waals surface area contributed by atoms with Crippen molar-refractivity contribution in [3.8, 4) is 17.2 Å². The third-order valence-corrected chi connectivity index (χ3v) is 4.39. The Labute approximate surface area is 157 Å². The molecular weight excluding hydrogens is 344 g/mol. The first-order chi connectivity index (χ1) is 13.0. The van der Waals surface area contributed by atoms with E-state index in [-0.39, 0.29) is 17.6 Å². The lowest BCUT2D eigenvalue weighted by Crippen LogP contribution is -2.27. The molecule has 0 spiro atoms. The van der Waals surface area contributed by atoms with Crippen LogP contribution in [-0.4, -0.2) is 35.1 Å². The third kappa shape index (κ3) is 3.76. The van der Waals surface area contributed by atoms with Gasteiger partial charge < -0.3 is 14.8 Å². The molecule has 1 amide bonds. The van der Waals surface area contributed by atoms with Gasteiger partial charge in [-0.05, 0) is 43.7 Å². The van der Waals surface area contributed by atoms with Gasteiger partial charge in [-0.3, -0.25) is 4.79 Å². The molecule has 27 heavy (non-hydrogen) atoms. The van der Waals surface area contributed by atoms with E-state index in [1.807, 2.05) is 55.5 Å². The van der Waals surface area contributed by atoms with Gasteiger partial charge in [0.25, 0.3) is 5.91 Å². The van der Waals surface area contributed by atoms with E-state index in [9.17, 15) is 4.79 Å². The highest BCUT2D eigenvalue weighted by Crippen LogP contribution is 2.23. The largest absolute Gasteiger partial charge is 0.497 e. The monoisotopic (exact) mass is 366 g/mol. The Morgan fingerprint density at radius 3 is 2.44 bits per heavy atom. The quantitative estimate of drug-likeness (QED) is 0.725. The van der Waals surface area contributed by atoms with Crippen LogP contribution in [0.4, 0.5) is 0 Å². The van der Waals surface area contributed by atoms with Crippen LogP contribution in [0, 0.1) is 6.92 Å². The summed E-state index contributed by atoms with van der Waals surface area (Å²) in [6.45, 7) is 3.72. The summed E-state index contributed by atoms with van der Waals surface area (Å²) < 4.78 is 12.1. The summed E-state index contributed by atoms with van der Waals surface area (Å²) in [7, 11) is 3.21. The zero-order valence-corrected chi connectivity index (χ0v) is 15.8. The topological polar surface area (TPSA) is 78.3 Å². The van der Waals surface area contributed by atoms with Gasteiger partial charge in [0.05, 0.1) is 26.0 Å². The Balaban J connectivity index is 1.80. The molecule has 3 rings (SSSR count). The smallest absolute Gasteiger partial charge is 0.274 e. The minimum atomic E-state index is -0.281. The second-order valence-corrected chi connectivity index (χ2v) is 6.08. The highest BCUT2D eigenvalue weighted by molar-refractivity contribution is 5.93. The molecule has 1 aromatic heterocycles. The Bertz CT molecular complexity index is 935. The summed E-state index contributed by atoms with van der Waals surface area (Å²) in [5.41, 5.74) is 2.62. The molecule has 1 N–H and O–H groups in total. The second kappa shape index (κ2) is 7.90. The van der Waals surface area contributed by atoms with Crippen molar-refractivity contribution in [1.82, 2.24) is 20.3 Å². The van der Waals surface area contributed by atoms with E-state index in [0.717, 1.165) is 17.0 Å². The van der Waals surface area contributed by atoms with Gasteiger partial charge in [-0.25, -0.2) is 4.68 Å². The molecule has 0 radical (unpaired) electrons. The average Bonchev–Trinajstić information content (AvgIpc) is 3.09. The van der Waals surface area contributed by atoms with Crippen molar-refractivity contribution in [3.63, 3.8) is 0 Å². The Kier molecular flexibility index (Phi) is 5.40. The standard InChI is InChI=1S/C20H22N4O3/c1-13(15-9-11-16(26-3)12-10-15)21-20(25)19-14(2)24(23-22-19)17-7-5-6-8-18(17)27-4/h5-13H,1-4H3,(H,21,25). The number of rotatable bonds is 6. The molecule has 7 nitrogen and oxygen atoms in total. The maximum Gasteiger partial charge on any atom is 0.274 e. The summed E-state index contributed by atoms with van der Waals surface area (Å²) >= 11 is 0. The number of hydrogen-bond donors (Lipinski definition) is 1. The van der Waals surface area contributed by atoms with Crippen molar-refractivity contribution < 1.29 is 14.3 Å². The van der Waals surface area contributed by atoms with Gasteiger partial charge in [-0.1, -0.05) is 29.5 Å². The fraction of sp³-hybridized carbons (Fsp3) is 0.250. The summed E-state index contributed by atoms with van der Waals surface area (Å²) in [5.74, 6) is 1.15. The third-order valence-electron chi connectivity index (χ3n) is 4.39. The molecule has 0 aliphatic carbocycles. The van der Waals surface area contributed by atoms with Gasteiger partial charge in [-0.15, -0.1) is 5.10 Å². The first-order valence-corrected chi connectivity index (χ1v) is 8.55. The van der Waals surface area contributed by atoms with Gasteiger partial charge in [-0.2, -0.15) is 0 Å². The van der Waals surface area contributed by atoms with Gasteiger partial charge in [0.15, 0.2) is 5.69 Å². The Morgan fingerprint density at radius 2 is 1.78 bits per heavy atom. The van der Waals surface area contributed by atoms with E-state index in [1.165, 1.54) is 0 Å². The molecule has 7 heteroatoms. The molecule has 1 atom stereocenters. The van der Waals surface area contributed by atoms with Gasteiger partial charge in [0.2, 0.25) is 0 Å². The normalized spacial score (nSPS) is 11.7. The van der Waals surface area contributed by atoms with E-state index < -0.39 is 0 Å². The van der Waals surface area contributed by atoms with Crippen LogP contribution in [0.5, 0.6) is 11.5 Å². The van der Waals surface area contributed by atoms with Crippen LogP contribution in [-0.2, 0) is 0 Å². The maximum absolute atomic E-state index is 12.7. The summed E-state index contributed by atoms with van der Waals surface area (Å²) in [6.07, 6.45) is 0. The van der Waals surface area contributed by atoms with Crippen molar-refractivity contribution >= 4 is 5.91 Å². The number of benzene rings is 2. The average molecular weight is 366 g/mol. The molecule has 2 aromatic carbocycles. The lowest BCUT2D eigenvalue weighted by Gasteiger charge is -2.14. The predicted molar refractivity (Wildman–Crippen MR) is 102 cm³/mol. The number of carbonyl (C=O) groups is 1. The van der Waals surface area contributed by atoms with Crippen LogP contribution < -0.4 is 14.8 Å². The van der Waals surface area contributed by atoms with E-state index in [4.69, 9.17) is 9.47 Å². The van der Waals surface area contributed by atoms with Crippen LogP contribution in [0.3, 0.4) is 0 Å². The molecule has 3 aromatic rings. The van der Waals surface area contributed by atoms with E-state index in [1.54, 1.807) is 25.8 Å². The fourth-order valence-corrected chi connectivity index (χ4v) is 2.81. The molecular formula is C20H22N4O3. The van der Waals surface area contributed by atoms with Gasteiger partial charge in [0.1, 0.15) is 17.2 Å². The molecule has 0 aliphatic rings. The molecule has 140 valence electrons. The molecule has 0 aliphatic heterocycles. The minimum Gasteiger partial charge on any atom is -0.497 e. The van der Waals surface area contributed by atoms with E-state index in [2.05, 4.69) is 15.6 Å². The van der Waals surface area contributed by atoms with E-state index in [0.29, 0.717) is 11.4 Å². The number of carbonyl (C=O) groups excluding carboxylic acids is 1. The van der Waals surface area contributed by atoms with Crippen LogP contribution in [0.2, 0.25) is 0 Å². The van der Waals surface area contributed by atoms with Crippen LogP contribution >= 0.6 is 0 Å². The van der Waals surface area contributed by atoms with Gasteiger partial charge in [0, 0.05) is 0 Å². The Hall–Kier alpha value is -3.35. The van der Waals surface area contributed by atoms with Crippen LogP contribution in [0.1, 0.15) is 34.7 Å². The first kappa shape index (κ1) is 18.4. The summed E-state index contributed by atoms with van der Waals surface area (Å²) in [6, 6.07) is 14.8. The number of nitrogens with one attached hydrogen (secondary N) is 1. The number of nitrogens with zero attached hydrogens (tertiary/aromatic N) is 3. The first-order valence-electron chi connectivity index (χ1n) is 8.55. The zero-order chi connectivity index (χ0) is 19.4. The number of ether oxygens (including phenoxy) is 2. The minimum absolute atomic E-state index is 0.181. The van der Waals surface area contributed by atoms with Crippen molar-refractivity contribution in [1.29, 1.82) is 0 Å². The van der Waals surface area contributed by atoms with Crippen molar-refractivity contribution in [2.45, 2.75) is 19.9 Å². The number of methoxy groups -OCH3 is 2. The SMILES string of the molecule is COc1ccc(C(C)NC(=O)c2nnn(-c3ccccc3OC)c2C)cc1. The number of hydrogen-bond acceptors (Lipinski definition) is 5. The molecule has 0 saturated heterocycles. The number of para-hydroxylation sites is 2. The van der Waals surface area contributed by atoms with Crippen molar-refractivity contribution in [2.75, 3.05) is 14.2 Å². The van der Waals surface area contributed by atoms with Crippen LogP contribution in [0.25, 0.3) is 5.69 Å². The van der Waals surface area contributed by atoms with Crippen molar-refractivity contribution in [2.24, 2.45) is 0 Å². The zero-order valence-electron chi connectivity index (χ0n) is 15.8. The van der Waals surface area contributed by atoms with Gasteiger partial charge >= 0.3 is 0 Å². The molecule has 0 bridgehead atoms. The predicted octanol–water partition coefficient (Wildman–Crippen LogP) is 3.08. The molecule has 0 fully saturated rings. The van der Waals surface area contributed by atoms with E-state index >= 15 is 0 Å². The van der Waals surface area contributed by atoms with Crippen molar-refractivity contribution in [3.05, 3.63) is 65.5 Å². The lowest BCUT2D eigenvalue weighted by molar-refractivity contribution is 0.0934. The maximum atomic E-state index is 12.7. The molecule has 0 saturated carbocycles. The number of amides is 1. The molecule has 1 heterocycles. The Morgan fingerprint density at radius 1 is 1.07 bits per heavy atom. The highest BCUT2D eigenvalue weighted by Gasteiger charge is 2.20. The highest BCUT2D eigenvalue weighted by atomic mass is 16.5. The summed E-state index contributed by atoms with van der Waals surface area (Å²) in [5, 5.41) is 11.2. The summed E-state index contributed by atoms with van der Waals surface area (Å²) in [4.78, 5) is 12.7. The fourth-order valence-electron chi connectivity index (χ4n) is 2.81. The van der Waals surface area contributed by atoms with Crippen LogP contribution in [0.15, 0.2) is 48.5 Å². The number of aromatic nitrogens is 3. The molecule has 1 unspecified atom stereocenters. The second-order valence-electron chi connectivity index (χ2n) is 6.08.